The number of hydrogen-bond donors (Lipinski definition) is 4. The highest BCUT2D eigenvalue weighted by molar-refractivity contribution is 8.12. The van der Waals surface area contributed by atoms with E-state index in [1.54, 1.807) is 6.26 Å². The summed E-state index contributed by atoms with van der Waals surface area (Å²) in [6, 6.07) is -0.812. The lowest BCUT2D eigenvalue weighted by molar-refractivity contribution is -0.138. The van der Waals surface area contributed by atoms with E-state index < -0.39 is 24.5 Å². The Balaban J connectivity index is 4.10. The first-order chi connectivity index (χ1) is 7.01. The van der Waals surface area contributed by atoms with Crippen LogP contribution in [0.4, 0.5) is 4.79 Å². The molecule has 0 fully saturated rings. The molecule has 86 valence electrons. The minimum absolute atomic E-state index is 0.109. The zero-order valence-corrected chi connectivity index (χ0v) is 9.73. The van der Waals surface area contributed by atoms with Gasteiger partial charge in [-0.2, -0.15) is 12.6 Å². The monoisotopic (exact) mass is 252 g/mol. The van der Waals surface area contributed by atoms with E-state index in [1.165, 1.54) is 0 Å². The maximum atomic E-state index is 11.3. The first-order valence-corrected chi connectivity index (χ1v) is 5.81. The fourth-order valence-electron chi connectivity index (χ4n) is 0.681. The van der Waals surface area contributed by atoms with Gasteiger partial charge < -0.3 is 15.7 Å². The van der Waals surface area contributed by atoms with E-state index in [9.17, 15) is 14.4 Å². The van der Waals surface area contributed by atoms with Crippen LogP contribution in [0.15, 0.2) is 0 Å². The van der Waals surface area contributed by atoms with Crippen molar-refractivity contribution < 1.29 is 19.5 Å². The van der Waals surface area contributed by atoms with Crippen molar-refractivity contribution >= 4 is 41.5 Å². The molecule has 0 aromatic heterocycles. The molecular formula is C7H12N2O4S2. The fourth-order valence-corrected chi connectivity index (χ4v) is 1.20. The number of rotatable bonds is 5. The molecule has 0 heterocycles. The van der Waals surface area contributed by atoms with Crippen LogP contribution in [0, 0.1) is 0 Å². The number of carbonyl (C=O) groups is 3. The van der Waals surface area contributed by atoms with Crippen molar-refractivity contribution in [3.8, 4) is 0 Å². The number of nitrogens with one attached hydrogen (secondary N) is 2. The summed E-state index contributed by atoms with van der Waals surface area (Å²) in [6.07, 6.45) is 1.57. The van der Waals surface area contributed by atoms with E-state index in [2.05, 4.69) is 23.3 Å². The van der Waals surface area contributed by atoms with Gasteiger partial charge in [0.2, 0.25) is 5.91 Å². The molecule has 2 amide bonds. The second-order valence-corrected chi connectivity index (χ2v) is 3.63. The van der Waals surface area contributed by atoms with Crippen LogP contribution in [0.2, 0.25) is 0 Å². The summed E-state index contributed by atoms with van der Waals surface area (Å²) in [5, 5.41) is 12.5. The molecule has 0 saturated carbocycles. The average Bonchev–Trinajstić information content (AvgIpc) is 2.21. The Hall–Kier alpha value is -0.890. The van der Waals surface area contributed by atoms with Crippen molar-refractivity contribution in [2.75, 3.05) is 18.6 Å². The standard InChI is InChI=1S/C7H12N2O4S2/c1-15-7(13)9-4(3-14)6(12)8-2-5(10)11/h4,14H,2-3H2,1H3,(H,8,12)(H,9,13)(H,10,11). The third-order valence-corrected chi connectivity index (χ3v) is 2.24. The Kier molecular flexibility index (Phi) is 6.97. The number of carbonyl (C=O) groups excluding carboxylic acids is 2. The van der Waals surface area contributed by atoms with Gasteiger partial charge in [-0.25, -0.2) is 0 Å². The van der Waals surface area contributed by atoms with Gasteiger partial charge >= 0.3 is 5.97 Å². The highest BCUT2D eigenvalue weighted by Crippen LogP contribution is 1.97. The van der Waals surface area contributed by atoms with E-state index in [1.807, 2.05) is 0 Å². The Morgan fingerprint density at radius 2 is 2.07 bits per heavy atom. The summed E-state index contributed by atoms with van der Waals surface area (Å²) in [6.45, 7) is -0.474. The van der Waals surface area contributed by atoms with E-state index in [0.29, 0.717) is 0 Å². The lowest BCUT2D eigenvalue weighted by atomic mass is 10.3. The van der Waals surface area contributed by atoms with Crippen LogP contribution in [-0.2, 0) is 9.59 Å². The summed E-state index contributed by atoms with van der Waals surface area (Å²) in [7, 11) is 0. The van der Waals surface area contributed by atoms with Gasteiger partial charge in [-0.1, -0.05) is 11.8 Å². The van der Waals surface area contributed by atoms with Crippen LogP contribution in [0.25, 0.3) is 0 Å². The van der Waals surface area contributed by atoms with Crippen molar-refractivity contribution in [3.63, 3.8) is 0 Å². The number of thiol groups is 1. The number of thioether (sulfide) groups is 1. The van der Waals surface area contributed by atoms with Gasteiger partial charge in [-0.15, -0.1) is 0 Å². The molecule has 0 spiro atoms. The maximum Gasteiger partial charge on any atom is 0.322 e. The Bertz CT molecular complexity index is 259. The third kappa shape index (κ3) is 6.24. The lowest BCUT2D eigenvalue weighted by Crippen LogP contribution is -2.48. The third-order valence-electron chi connectivity index (χ3n) is 1.39. The molecule has 0 radical (unpaired) electrons. The topological polar surface area (TPSA) is 95.5 Å². The molecule has 0 aromatic carbocycles. The Morgan fingerprint density at radius 3 is 2.47 bits per heavy atom. The Labute approximate surface area is 96.6 Å². The number of amides is 2. The van der Waals surface area contributed by atoms with Crippen LogP contribution < -0.4 is 10.6 Å². The minimum atomic E-state index is -1.14. The summed E-state index contributed by atoms with van der Waals surface area (Å²) < 4.78 is 0. The van der Waals surface area contributed by atoms with Gasteiger partial charge in [0.15, 0.2) is 0 Å². The molecule has 1 unspecified atom stereocenters. The van der Waals surface area contributed by atoms with Gasteiger partial charge in [-0.05, 0) is 6.26 Å². The predicted octanol–water partition coefficient (Wildman–Crippen LogP) is -0.442. The molecular weight excluding hydrogens is 240 g/mol. The minimum Gasteiger partial charge on any atom is -0.480 e. The largest absolute Gasteiger partial charge is 0.480 e. The SMILES string of the molecule is CSC(=O)NC(CS)C(=O)NCC(=O)O. The van der Waals surface area contributed by atoms with Crippen molar-refractivity contribution in [2.24, 2.45) is 0 Å². The molecule has 0 aromatic rings. The second-order valence-electron chi connectivity index (χ2n) is 2.48. The highest BCUT2D eigenvalue weighted by atomic mass is 32.2. The number of aliphatic carboxylic acids is 1. The lowest BCUT2D eigenvalue weighted by Gasteiger charge is -2.14. The van der Waals surface area contributed by atoms with Crippen molar-refractivity contribution in [1.82, 2.24) is 10.6 Å². The average molecular weight is 252 g/mol. The maximum absolute atomic E-state index is 11.3. The van der Waals surface area contributed by atoms with Crippen LogP contribution in [-0.4, -0.2) is 46.8 Å². The van der Waals surface area contributed by atoms with E-state index in [4.69, 9.17) is 5.11 Å². The molecule has 8 heteroatoms. The number of carboxylic acids is 1. The molecule has 0 bridgehead atoms. The summed E-state index contributed by atoms with van der Waals surface area (Å²) in [4.78, 5) is 32.4. The second kappa shape index (κ2) is 7.41. The van der Waals surface area contributed by atoms with Crippen LogP contribution in [0.3, 0.4) is 0 Å². The Morgan fingerprint density at radius 1 is 1.47 bits per heavy atom. The summed E-state index contributed by atoms with van der Waals surface area (Å²) >= 11 is 4.81. The van der Waals surface area contributed by atoms with Gasteiger partial charge in [0.05, 0.1) is 0 Å². The van der Waals surface area contributed by atoms with E-state index in [0.717, 1.165) is 11.8 Å². The predicted molar refractivity (Wildman–Crippen MR) is 60.3 cm³/mol. The first-order valence-electron chi connectivity index (χ1n) is 3.96. The normalized spacial score (nSPS) is 11.6. The van der Waals surface area contributed by atoms with Crippen molar-refractivity contribution in [1.29, 1.82) is 0 Å². The molecule has 0 aliphatic heterocycles. The summed E-state index contributed by atoms with van der Waals surface area (Å²) in [5.74, 6) is -1.59. The molecule has 0 saturated heterocycles. The van der Waals surface area contributed by atoms with Crippen molar-refractivity contribution in [2.45, 2.75) is 6.04 Å². The van der Waals surface area contributed by atoms with Crippen LogP contribution in [0.1, 0.15) is 0 Å². The summed E-state index contributed by atoms with van der Waals surface area (Å²) in [5.41, 5.74) is 0. The molecule has 15 heavy (non-hydrogen) atoms. The quantitative estimate of drug-likeness (QED) is 0.497. The van der Waals surface area contributed by atoms with Crippen LogP contribution >= 0.6 is 24.4 Å². The molecule has 6 nitrogen and oxygen atoms in total. The van der Waals surface area contributed by atoms with Crippen LogP contribution in [0.5, 0.6) is 0 Å². The van der Waals surface area contributed by atoms with E-state index in [-0.39, 0.29) is 11.0 Å². The molecule has 0 aliphatic rings. The zero-order chi connectivity index (χ0) is 11.8. The van der Waals surface area contributed by atoms with Gasteiger partial charge in [0, 0.05) is 5.75 Å². The van der Waals surface area contributed by atoms with Gasteiger partial charge in [-0.3, -0.25) is 14.4 Å². The molecule has 1 atom stereocenters. The number of carboxylic acid groups (broad SMARTS) is 1. The molecule has 0 aliphatic carbocycles. The molecule has 0 rings (SSSR count). The van der Waals surface area contributed by atoms with Gasteiger partial charge in [0.1, 0.15) is 12.6 Å². The smallest absolute Gasteiger partial charge is 0.322 e. The first kappa shape index (κ1) is 14.1. The number of hydrogen-bond acceptors (Lipinski definition) is 5. The fraction of sp³-hybridized carbons (Fsp3) is 0.571. The molecule has 3 N–H and O–H groups in total. The van der Waals surface area contributed by atoms with Crippen molar-refractivity contribution in [3.05, 3.63) is 0 Å². The van der Waals surface area contributed by atoms with E-state index >= 15 is 0 Å². The zero-order valence-electron chi connectivity index (χ0n) is 8.02. The van der Waals surface area contributed by atoms with Gasteiger partial charge in [0.25, 0.3) is 5.24 Å². The highest BCUT2D eigenvalue weighted by Gasteiger charge is 2.18.